The van der Waals surface area contributed by atoms with Gasteiger partial charge >= 0.3 is 0 Å². The van der Waals surface area contributed by atoms with E-state index in [2.05, 4.69) is 15.0 Å². The highest BCUT2D eigenvalue weighted by atomic mass is 16.5. The normalized spacial score (nSPS) is 15.6. The Kier molecular flexibility index (Phi) is 5.00. The van der Waals surface area contributed by atoms with Crippen molar-refractivity contribution in [2.24, 2.45) is 0 Å². The summed E-state index contributed by atoms with van der Waals surface area (Å²) in [5.41, 5.74) is 3.56. The number of amides is 1. The number of rotatable bonds is 4. The summed E-state index contributed by atoms with van der Waals surface area (Å²) in [7, 11) is 0. The number of H-pyrrole nitrogens is 1. The van der Waals surface area contributed by atoms with E-state index in [1.165, 1.54) is 6.20 Å². The maximum Gasteiger partial charge on any atom is 0.219 e. The molecule has 1 aliphatic heterocycles. The van der Waals surface area contributed by atoms with Gasteiger partial charge in [0.15, 0.2) is 5.82 Å². The van der Waals surface area contributed by atoms with Crippen LogP contribution in [-0.4, -0.2) is 37.3 Å². The fraction of sp³-hybridized carbons (Fsp3) is 0.208. The Balaban J connectivity index is 1.61. The van der Waals surface area contributed by atoms with Crippen molar-refractivity contribution < 1.29 is 9.53 Å². The maximum atomic E-state index is 12.2. The van der Waals surface area contributed by atoms with E-state index < -0.39 is 0 Å². The third kappa shape index (κ3) is 3.65. The number of likely N-dealkylation sites (tertiary alicyclic amines) is 1. The van der Waals surface area contributed by atoms with E-state index in [-0.39, 0.29) is 11.9 Å². The Labute approximate surface area is 184 Å². The number of carbonyl (C=O) groups excluding carboxylic acids is 1. The third-order valence-corrected chi connectivity index (χ3v) is 5.62. The summed E-state index contributed by atoms with van der Waals surface area (Å²) in [6.07, 6.45) is 5.04. The predicted octanol–water partition coefficient (Wildman–Crippen LogP) is 4.37. The van der Waals surface area contributed by atoms with Gasteiger partial charge in [-0.15, -0.1) is 0 Å². The molecule has 8 heteroatoms. The standard InChI is InChI=1S/C24H20N6O2/c1-15(31)30-10-4-6-22(30)18-11-20-21(29-24(28-20)19-5-2-3-9-26-19)12-23(18)32-17-8-7-16(13-25)27-14-17/h2-3,5,7-9,11-12,14,22H,4,6,10H2,1H3,(H,28,29). The Bertz CT molecular complexity index is 1320. The van der Waals surface area contributed by atoms with Crippen LogP contribution >= 0.6 is 0 Å². The summed E-state index contributed by atoms with van der Waals surface area (Å²) in [6.45, 7) is 2.31. The first-order valence-corrected chi connectivity index (χ1v) is 10.4. The Morgan fingerprint density at radius 2 is 2.16 bits per heavy atom. The van der Waals surface area contributed by atoms with Crippen molar-refractivity contribution in [3.8, 4) is 29.1 Å². The number of ether oxygens (including phenoxy) is 1. The molecule has 1 unspecified atom stereocenters. The van der Waals surface area contributed by atoms with E-state index in [1.807, 2.05) is 41.3 Å². The zero-order chi connectivity index (χ0) is 22.1. The molecule has 0 aliphatic carbocycles. The van der Waals surface area contributed by atoms with Gasteiger partial charge in [-0.05, 0) is 43.2 Å². The highest BCUT2D eigenvalue weighted by Gasteiger charge is 2.31. The SMILES string of the molecule is CC(=O)N1CCCC1c1cc2[nH]c(-c3ccccn3)nc2cc1Oc1ccc(C#N)nc1. The van der Waals surface area contributed by atoms with Gasteiger partial charge in [-0.3, -0.25) is 9.78 Å². The summed E-state index contributed by atoms with van der Waals surface area (Å²) >= 11 is 0. The van der Waals surface area contributed by atoms with Crippen LogP contribution in [0.5, 0.6) is 11.5 Å². The lowest BCUT2D eigenvalue weighted by Crippen LogP contribution is -2.28. The second-order valence-electron chi connectivity index (χ2n) is 7.67. The Morgan fingerprint density at radius 1 is 1.25 bits per heavy atom. The quantitative estimate of drug-likeness (QED) is 0.521. The topological polar surface area (TPSA) is 108 Å². The molecule has 1 aliphatic rings. The molecule has 1 N–H and O–H groups in total. The molecule has 5 rings (SSSR count). The molecule has 0 radical (unpaired) electrons. The van der Waals surface area contributed by atoms with Crippen molar-refractivity contribution >= 4 is 16.9 Å². The van der Waals surface area contributed by atoms with Gasteiger partial charge in [0.25, 0.3) is 0 Å². The van der Waals surface area contributed by atoms with E-state index in [4.69, 9.17) is 15.0 Å². The van der Waals surface area contributed by atoms with E-state index >= 15 is 0 Å². The number of benzene rings is 1. The highest BCUT2D eigenvalue weighted by molar-refractivity contribution is 5.82. The van der Waals surface area contributed by atoms with Crippen molar-refractivity contribution in [3.63, 3.8) is 0 Å². The molecule has 0 spiro atoms. The second-order valence-corrected chi connectivity index (χ2v) is 7.67. The van der Waals surface area contributed by atoms with Gasteiger partial charge in [-0.1, -0.05) is 6.07 Å². The summed E-state index contributed by atoms with van der Waals surface area (Å²) in [4.78, 5) is 30.6. The maximum absolute atomic E-state index is 12.2. The van der Waals surface area contributed by atoms with Gasteiger partial charge in [0.2, 0.25) is 5.91 Å². The first kappa shape index (κ1) is 19.7. The molecule has 0 saturated carbocycles. The molecule has 32 heavy (non-hydrogen) atoms. The summed E-state index contributed by atoms with van der Waals surface area (Å²) in [5, 5.41) is 8.99. The molecule has 4 heterocycles. The largest absolute Gasteiger partial charge is 0.455 e. The lowest BCUT2D eigenvalue weighted by molar-refractivity contribution is -0.129. The minimum absolute atomic E-state index is 0.0392. The van der Waals surface area contributed by atoms with Crippen LogP contribution in [-0.2, 0) is 4.79 Å². The lowest BCUT2D eigenvalue weighted by atomic mass is 10.0. The monoisotopic (exact) mass is 424 g/mol. The summed E-state index contributed by atoms with van der Waals surface area (Å²) < 4.78 is 6.19. The van der Waals surface area contributed by atoms with Crippen molar-refractivity contribution in [2.45, 2.75) is 25.8 Å². The van der Waals surface area contributed by atoms with Crippen LogP contribution in [0.4, 0.5) is 0 Å². The number of fused-ring (bicyclic) bond motifs is 1. The average molecular weight is 424 g/mol. The fourth-order valence-corrected chi connectivity index (χ4v) is 4.13. The minimum atomic E-state index is -0.0835. The number of hydrogen-bond acceptors (Lipinski definition) is 6. The van der Waals surface area contributed by atoms with E-state index in [0.717, 1.165) is 41.7 Å². The zero-order valence-electron chi connectivity index (χ0n) is 17.4. The van der Waals surface area contributed by atoms with Crippen LogP contribution in [0.15, 0.2) is 54.9 Å². The molecular weight excluding hydrogens is 404 g/mol. The number of carbonyl (C=O) groups is 1. The summed E-state index contributed by atoms with van der Waals surface area (Å²) in [6, 6.07) is 14.8. The van der Waals surface area contributed by atoms with Crippen molar-refractivity contribution in [1.29, 1.82) is 5.26 Å². The molecule has 4 aromatic rings. The van der Waals surface area contributed by atoms with Gasteiger partial charge in [0, 0.05) is 31.3 Å². The number of imidazole rings is 1. The zero-order valence-corrected chi connectivity index (χ0v) is 17.4. The number of aromatic amines is 1. The molecule has 158 valence electrons. The van der Waals surface area contributed by atoms with Crippen molar-refractivity contribution in [1.82, 2.24) is 24.8 Å². The van der Waals surface area contributed by atoms with Gasteiger partial charge in [0.1, 0.15) is 29.0 Å². The molecule has 1 fully saturated rings. The second kappa shape index (κ2) is 8.12. The van der Waals surface area contributed by atoms with Crippen LogP contribution in [0, 0.1) is 11.3 Å². The average Bonchev–Trinajstić information content (AvgIpc) is 3.47. The van der Waals surface area contributed by atoms with Gasteiger partial charge in [-0.25, -0.2) is 9.97 Å². The fourth-order valence-electron chi connectivity index (χ4n) is 4.13. The van der Waals surface area contributed by atoms with Crippen LogP contribution in [0.3, 0.4) is 0 Å². The molecule has 0 bridgehead atoms. The molecular formula is C24H20N6O2. The molecule has 1 atom stereocenters. The number of aromatic nitrogens is 4. The molecule has 1 amide bonds. The van der Waals surface area contributed by atoms with Crippen LogP contribution in [0.25, 0.3) is 22.6 Å². The van der Waals surface area contributed by atoms with E-state index in [1.54, 1.807) is 25.3 Å². The number of pyridine rings is 2. The molecule has 1 saturated heterocycles. The minimum Gasteiger partial charge on any atom is -0.455 e. The molecule has 1 aromatic carbocycles. The Hall–Kier alpha value is -4.25. The van der Waals surface area contributed by atoms with Gasteiger partial charge in [0.05, 0.1) is 23.3 Å². The lowest BCUT2D eigenvalue weighted by Gasteiger charge is -2.25. The predicted molar refractivity (Wildman–Crippen MR) is 118 cm³/mol. The van der Waals surface area contributed by atoms with E-state index in [9.17, 15) is 4.79 Å². The first-order valence-electron chi connectivity index (χ1n) is 10.4. The van der Waals surface area contributed by atoms with Crippen molar-refractivity contribution in [3.05, 3.63) is 66.1 Å². The number of nitriles is 1. The van der Waals surface area contributed by atoms with E-state index in [0.29, 0.717) is 23.0 Å². The number of nitrogens with zero attached hydrogens (tertiary/aromatic N) is 5. The smallest absolute Gasteiger partial charge is 0.219 e. The Morgan fingerprint density at radius 3 is 2.88 bits per heavy atom. The van der Waals surface area contributed by atoms with Crippen molar-refractivity contribution in [2.75, 3.05) is 6.54 Å². The summed E-state index contributed by atoms with van der Waals surface area (Å²) in [5.74, 6) is 1.83. The number of hydrogen-bond donors (Lipinski definition) is 1. The highest BCUT2D eigenvalue weighted by Crippen LogP contribution is 2.40. The van der Waals surface area contributed by atoms with Gasteiger partial charge < -0.3 is 14.6 Å². The van der Waals surface area contributed by atoms with Crippen LogP contribution < -0.4 is 4.74 Å². The van der Waals surface area contributed by atoms with Gasteiger partial charge in [-0.2, -0.15) is 5.26 Å². The van der Waals surface area contributed by atoms with Crippen LogP contribution in [0.2, 0.25) is 0 Å². The van der Waals surface area contributed by atoms with Crippen LogP contribution in [0.1, 0.15) is 37.1 Å². The molecule has 3 aromatic heterocycles. The number of nitrogens with one attached hydrogen (secondary N) is 1. The molecule has 8 nitrogen and oxygen atoms in total. The third-order valence-electron chi connectivity index (χ3n) is 5.62. The first-order chi connectivity index (χ1) is 15.6.